The number of para-hydroxylation sites is 1. The van der Waals surface area contributed by atoms with E-state index in [1.807, 2.05) is 13.0 Å². The molecule has 1 aromatic heterocycles. The Kier molecular flexibility index (Phi) is 6.63. The van der Waals surface area contributed by atoms with Gasteiger partial charge in [-0.2, -0.15) is 0 Å². The van der Waals surface area contributed by atoms with Crippen molar-refractivity contribution >= 4 is 17.7 Å². The zero-order chi connectivity index (χ0) is 22.5. The van der Waals surface area contributed by atoms with Crippen LogP contribution in [0.4, 0.5) is 0 Å². The molecular weight excluding hydrogens is 410 g/mol. The van der Waals surface area contributed by atoms with Gasteiger partial charge in [0, 0.05) is 45.1 Å². The van der Waals surface area contributed by atoms with Crippen LogP contribution in [0.25, 0.3) is 0 Å². The van der Waals surface area contributed by atoms with Crippen molar-refractivity contribution in [1.82, 2.24) is 24.7 Å². The Balaban J connectivity index is 1.40. The van der Waals surface area contributed by atoms with Gasteiger partial charge in [-0.1, -0.05) is 12.1 Å². The number of nitrogens with zero attached hydrogens (tertiary/aromatic N) is 5. The Morgan fingerprint density at radius 1 is 1.00 bits per heavy atom. The summed E-state index contributed by atoms with van der Waals surface area (Å²) >= 11 is 0. The number of amides is 3. The minimum Gasteiger partial charge on any atom is -0.493 e. The van der Waals surface area contributed by atoms with Gasteiger partial charge in [0.25, 0.3) is 11.8 Å². The first-order valence-electron chi connectivity index (χ1n) is 11.0. The number of piperazine rings is 1. The highest BCUT2D eigenvalue weighted by atomic mass is 16.5. The number of ether oxygens (including phenoxy) is 1. The minimum absolute atomic E-state index is 0.0589. The second-order valence-electron chi connectivity index (χ2n) is 7.79. The number of carbonyl (C=O) groups is 3. The van der Waals surface area contributed by atoms with Crippen LogP contribution in [-0.2, 0) is 4.79 Å². The van der Waals surface area contributed by atoms with Gasteiger partial charge in [-0.25, -0.2) is 4.98 Å². The molecule has 1 aromatic carbocycles. The monoisotopic (exact) mass is 437 g/mol. The molecule has 0 spiro atoms. The molecule has 2 fully saturated rings. The molecule has 32 heavy (non-hydrogen) atoms. The zero-order valence-corrected chi connectivity index (χ0v) is 18.1. The lowest BCUT2D eigenvalue weighted by atomic mass is 10.1. The van der Waals surface area contributed by atoms with Crippen LogP contribution in [0.15, 0.2) is 42.9 Å². The molecule has 2 aliphatic heterocycles. The van der Waals surface area contributed by atoms with Crippen molar-refractivity contribution in [2.24, 2.45) is 0 Å². The molecule has 3 amide bonds. The Bertz CT molecular complexity index is 975. The van der Waals surface area contributed by atoms with E-state index in [4.69, 9.17) is 4.74 Å². The second-order valence-corrected chi connectivity index (χ2v) is 7.79. The fourth-order valence-electron chi connectivity index (χ4n) is 4.26. The Morgan fingerprint density at radius 3 is 2.47 bits per heavy atom. The first-order chi connectivity index (χ1) is 15.6. The maximum absolute atomic E-state index is 13.3. The highest BCUT2D eigenvalue weighted by Gasteiger charge is 2.38. The van der Waals surface area contributed by atoms with Crippen LogP contribution in [-0.4, -0.2) is 87.8 Å². The van der Waals surface area contributed by atoms with Gasteiger partial charge in [-0.15, -0.1) is 0 Å². The standard InChI is InChI=1S/C23H27N5O4/c1-2-32-20-8-4-3-6-17(20)21(29)28-11-5-7-19(28)23(31)27-14-12-26(13-15-27)22(30)18-16-24-9-10-25-18/h3-4,6,8-10,16,19H,2,5,7,11-15H2,1H3. The van der Waals surface area contributed by atoms with Gasteiger partial charge in [0.15, 0.2) is 0 Å². The smallest absolute Gasteiger partial charge is 0.274 e. The van der Waals surface area contributed by atoms with Crippen molar-refractivity contribution in [3.63, 3.8) is 0 Å². The number of benzene rings is 1. The number of aromatic nitrogens is 2. The predicted molar refractivity (Wildman–Crippen MR) is 116 cm³/mol. The molecule has 4 rings (SSSR count). The third-order valence-electron chi connectivity index (χ3n) is 5.88. The van der Waals surface area contributed by atoms with E-state index in [0.717, 1.165) is 6.42 Å². The van der Waals surface area contributed by atoms with Crippen molar-refractivity contribution in [2.45, 2.75) is 25.8 Å². The molecule has 0 N–H and O–H groups in total. The van der Waals surface area contributed by atoms with Gasteiger partial charge < -0.3 is 19.4 Å². The largest absolute Gasteiger partial charge is 0.493 e. The lowest BCUT2D eigenvalue weighted by molar-refractivity contribution is -0.136. The van der Waals surface area contributed by atoms with Gasteiger partial charge in [0.2, 0.25) is 5.91 Å². The summed E-state index contributed by atoms with van der Waals surface area (Å²) in [7, 11) is 0. The number of rotatable bonds is 5. The van der Waals surface area contributed by atoms with Gasteiger partial charge >= 0.3 is 0 Å². The normalized spacial score (nSPS) is 18.5. The SMILES string of the molecule is CCOc1ccccc1C(=O)N1CCCC1C(=O)N1CCN(C(=O)c2cnccn2)CC1. The molecule has 2 saturated heterocycles. The molecule has 168 valence electrons. The highest BCUT2D eigenvalue weighted by molar-refractivity contribution is 6.00. The van der Waals surface area contributed by atoms with Crippen LogP contribution in [0.5, 0.6) is 5.75 Å². The summed E-state index contributed by atoms with van der Waals surface area (Å²) in [5.41, 5.74) is 0.779. The van der Waals surface area contributed by atoms with E-state index in [-0.39, 0.29) is 17.7 Å². The fraction of sp³-hybridized carbons (Fsp3) is 0.435. The molecule has 2 aliphatic rings. The molecule has 0 bridgehead atoms. The molecule has 9 heteroatoms. The third-order valence-corrected chi connectivity index (χ3v) is 5.88. The van der Waals surface area contributed by atoms with Gasteiger partial charge in [-0.3, -0.25) is 19.4 Å². The zero-order valence-electron chi connectivity index (χ0n) is 18.1. The van der Waals surface area contributed by atoms with E-state index < -0.39 is 6.04 Å². The lowest BCUT2D eigenvalue weighted by Crippen LogP contribution is -2.55. The summed E-state index contributed by atoms with van der Waals surface area (Å²) in [5.74, 6) is 0.113. The Hall–Kier alpha value is -3.49. The van der Waals surface area contributed by atoms with Crippen LogP contribution in [0.1, 0.15) is 40.6 Å². The number of likely N-dealkylation sites (tertiary alicyclic amines) is 1. The van der Waals surface area contributed by atoms with Gasteiger partial charge in [-0.05, 0) is 31.9 Å². The number of hydrogen-bond donors (Lipinski definition) is 0. The second kappa shape index (κ2) is 9.76. The van der Waals surface area contributed by atoms with Crippen molar-refractivity contribution < 1.29 is 19.1 Å². The van der Waals surface area contributed by atoms with Gasteiger partial charge in [0.05, 0.1) is 18.4 Å². The highest BCUT2D eigenvalue weighted by Crippen LogP contribution is 2.26. The number of hydrogen-bond acceptors (Lipinski definition) is 6. The lowest BCUT2D eigenvalue weighted by Gasteiger charge is -2.37. The van der Waals surface area contributed by atoms with Crippen molar-refractivity contribution in [3.8, 4) is 5.75 Å². The van der Waals surface area contributed by atoms with Crippen molar-refractivity contribution in [3.05, 3.63) is 54.1 Å². The molecule has 1 atom stereocenters. The number of carbonyl (C=O) groups excluding carboxylic acids is 3. The molecule has 1 unspecified atom stereocenters. The summed E-state index contributed by atoms with van der Waals surface area (Å²) in [6.07, 6.45) is 5.88. The minimum atomic E-state index is -0.487. The summed E-state index contributed by atoms with van der Waals surface area (Å²) < 4.78 is 5.61. The topological polar surface area (TPSA) is 95.9 Å². The maximum atomic E-state index is 13.3. The molecule has 3 heterocycles. The van der Waals surface area contributed by atoms with Crippen LogP contribution in [0, 0.1) is 0 Å². The first kappa shape index (κ1) is 21.7. The predicted octanol–water partition coefficient (Wildman–Crippen LogP) is 1.46. The molecule has 2 aromatic rings. The quantitative estimate of drug-likeness (QED) is 0.703. The maximum Gasteiger partial charge on any atom is 0.274 e. The Labute approximate surface area is 187 Å². The first-order valence-corrected chi connectivity index (χ1v) is 11.0. The summed E-state index contributed by atoms with van der Waals surface area (Å²) in [5, 5.41) is 0. The van der Waals surface area contributed by atoms with E-state index in [9.17, 15) is 14.4 Å². The van der Waals surface area contributed by atoms with Crippen molar-refractivity contribution in [1.29, 1.82) is 0 Å². The fourth-order valence-corrected chi connectivity index (χ4v) is 4.26. The van der Waals surface area contributed by atoms with Crippen LogP contribution < -0.4 is 4.74 Å². The van der Waals surface area contributed by atoms with Gasteiger partial charge in [0.1, 0.15) is 17.5 Å². The van der Waals surface area contributed by atoms with Crippen LogP contribution >= 0.6 is 0 Å². The third kappa shape index (κ3) is 4.42. The average molecular weight is 438 g/mol. The van der Waals surface area contributed by atoms with Crippen LogP contribution in [0.3, 0.4) is 0 Å². The molecular formula is C23H27N5O4. The summed E-state index contributed by atoms with van der Waals surface area (Å²) in [4.78, 5) is 52.2. The summed E-state index contributed by atoms with van der Waals surface area (Å²) in [6, 6.07) is 6.66. The summed E-state index contributed by atoms with van der Waals surface area (Å²) in [6.45, 7) is 4.59. The molecule has 0 saturated carbocycles. The van der Waals surface area contributed by atoms with E-state index in [1.165, 1.54) is 18.6 Å². The average Bonchev–Trinajstić information content (AvgIpc) is 3.34. The Morgan fingerprint density at radius 2 is 1.75 bits per heavy atom. The van der Waals surface area contributed by atoms with E-state index in [0.29, 0.717) is 62.8 Å². The molecule has 0 aliphatic carbocycles. The molecule has 0 radical (unpaired) electrons. The van der Waals surface area contributed by atoms with E-state index in [1.54, 1.807) is 32.9 Å². The van der Waals surface area contributed by atoms with E-state index in [2.05, 4.69) is 9.97 Å². The van der Waals surface area contributed by atoms with Crippen molar-refractivity contribution in [2.75, 3.05) is 39.3 Å². The van der Waals surface area contributed by atoms with E-state index >= 15 is 0 Å². The van der Waals surface area contributed by atoms with Crippen LogP contribution in [0.2, 0.25) is 0 Å². The molecule has 9 nitrogen and oxygen atoms in total.